The van der Waals surface area contributed by atoms with Crippen LogP contribution in [0.4, 0.5) is 0 Å². The predicted octanol–water partition coefficient (Wildman–Crippen LogP) is 1.64. The molecular weight excluding hydrogens is 168 g/mol. The minimum absolute atomic E-state index is 0.305. The van der Waals surface area contributed by atoms with Crippen molar-refractivity contribution in [2.75, 3.05) is 7.11 Å². The Bertz CT molecular complexity index is 130. The first-order valence-electron chi connectivity index (χ1n) is 3.11. The molecule has 0 N–H and O–H groups in total. The minimum atomic E-state index is -1.55. The molecule has 0 aliphatic carbocycles. The second-order valence-corrected chi connectivity index (χ2v) is 9.36. The van der Waals surface area contributed by atoms with E-state index in [9.17, 15) is 4.79 Å². The number of methoxy groups -OCH3 is 1. The zero-order valence-electron chi connectivity index (χ0n) is 6.77. The summed E-state index contributed by atoms with van der Waals surface area (Å²) in [6, 6.07) is 0. The van der Waals surface area contributed by atoms with Crippen LogP contribution in [0.2, 0.25) is 19.6 Å². The molecule has 0 spiro atoms. The monoisotopic (exact) mass is 180 g/mol. The number of carbonyl (C=O) groups excluding carboxylic acids is 1. The van der Waals surface area contributed by atoms with Crippen molar-refractivity contribution in [1.29, 1.82) is 0 Å². The predicted molar refractivity (Wildman–Crippen MR) is 45.0 cm³/mol. The van der Waals surface area contributed by atoms with Crippen LogP contribution in [0.25, 0.3) is 0 Å². The molecule has 0 heterocycles. The number of alkyl halides is 1. The zero-order chi connectivity index (χ0) is 8.36. The summed E-state index contributed by atoms with van der Waals surface area (Å²) in [6.07, 6.45) is 0. The van der Waals surface area contributed by atoms with Gasteiger partial charge in [0.05, 0.1) is 15.2 Å². The highest BCUT2D eigenvalue weighted by Crippen LogP contribution is 2.14. The van der Waals surface area contributed by atoms with Crippen LogP contribution in [-0.4, -0.2) is 26.2 Å². The molecule has 1 unspecified atom stereocenters. The van der Waals surface area contributed by atoms with E-state index in [0.717, 1.165) is 0 Å². The molecule has 0 aliphatic heterocycles. The van der Waals surface area contributed by atoms with Crippen LogP contribution in [0.5, 0.6) is 0 Å². The van der Waals surface area contributed by atoms with E-state index in [1.165, 1.54) is 7.11 Å². The van der Waals surface area contributed by atoms with Crippen LogP contribution in [0.15, 0.2) is 0 Å². The summed E-state index contributed by atoms with van der Waals surface area (Å²) in [4.78, 5) is 10.8. The van der Waals surface area contributed by atoms with Crippen molar-refractivity contribution in [3.8, 4) is 0 Å². The van der Waals surface area contributed by atoms with Gasteiger partial charge in [-0.15, -0.1) is 11.6 Å². The van der Waals surface area contributed by atoms with Crippen molar-refractivity contribution >= 4 is 25.6 Å². The second kappa shape index (κ2) is 3.39. The average molecular weight is 181 g/mol. The molecule has 0 fully saturated rings. The van der Waals surface area contributed by atoms with Gasteiger partial charge in [0.2, 0.25) is 0 Å². The number of esters is 1. The summed E-state index contributed by atoms with van der Waals surface area (Å²) < 4.78 is 4.50. The van der Waals surface area contributed by atoms with Gasteiger partial charge in [-0.3, -0.25) is 4.79 Å². The molecule has 10 heavy (non-hydrogen) atoms. The first-order chi connectivity index (χ1) is 4.39. The van der Waals surface area contributed by atoms with E-state index in [4.69, 9.17) is 11.6 Å². The third-order valence-corrected chi connectivity index (χ3v) is 5.07. The Labute approximate surface area is 67.5 Å². The van der Waals surface area contributed by atoms with Gasteiger partial charge >= 0.3 is 5.97 Å². The molecule has 0 aromatic rings. The lowest BCUT2D eigenvalue weighted by Gasteiger charge is -2.19. The molecule has 0 aromatic carbocycles. The Balaban J connectivity index is 4.08. The Morgan fingerprint density at radius 2 is 1.90 bits per heavy atom. The van der Waals surface area contributed by atoms with Gasteiger partial charge in [-0.2, -0.15) is 0 Å². The van der Waals surface area contributed by atoms with Gasteiger partial charge < -0.3 is 4.74 Å². The van der Waals surface area contributed by atoms with Crippen LogP contribution in [0, 0.1) is 0 Å². The van der Waals surface area contributed by atoms with Crippen LogP contribution in [0.1, 0.15) is 0 Å². The molecule has 0 saturated heterocycles. The lowest BCUT2D eigenvalue weighted by Crippen LogP contribution is -2.40. The lowest BCUT2D eigenvalue weighted by atomic mass is 10.8. The summed E-state index contributed by atoms with van der Waals surface area (Å²) in [5.41, 5.74) is 0. The smallest absolute Gasteiger partial charge is 0.320 e. The molecule has 4 heteroatoms. The summed E-state index contributed by atoms with van der Waals surface area (Å²) in [7, 11) is -0.195. The molecule has 0 bridgehead atoms. The molecule has 0 amide bonds. The van der Waals surface area contributed by atoms with Gasteiger partial charge in [0.1, 0.15) is 5.00 Å². The van der Waals surface area contributed by atoms with E-state index in [0.29, 0.717) is 0 Å². The third kappa shape index (κ3) is 2.71. The van der Waals surface area contributed by atoms with E-state index in [-0.39, 0.29) is 5.97 Å². The third-order valence-electron chi connectivity index (χ3n) is 1.17. The SMILES string of the molecule is COC(=O)C(Cl)[Si](C)(C)C. The van der Waals surface area contributed by atoms with Gasteiger partial charge in [-0.25, -0.2) is 0 Å². The van der Waals surface area contributed by atoms with Crippen LogP contribution in [-0.2, 0) is 9.53 Å². The van der Waals surface area contributed by atoms with E-state index >= 15 is 0 Å². The summed E-state index contributed by atoms with van der Waals surface area (Å²) in [5.74, 6) is -0.305. The fourth-order valence-electron chi connectivity index (χ4n) is 0.457. The van der Waals surface area contributed by atoms with Crippen molar-refractivity contribution in [2.24, 2.45) is 0 Å². The van der Waals surface area contributed by atoms with E-state index in [2.05, 4.69) is 4.74 Å². The quantitative estimate of drug-likeness (QED) is 0.367. The highest BCUT2D eigenvalue weighted by Gasteiger charge is 2.31. The zero-order valence-corrected chi connectivity index (χ0v) is 8.53. The van der Waals surface area contributed by atoms with E-state index in [1.54, 1.807) is 0 Å². The average Bonchev–Trinajstić information content (AvgIpc) is 1.83. The Kier molecular flexibility index (Phi) is 3.38. The first-order valence-corrected chi connectivity index (χ1v) is 7.13. The van der Waals surface area contributed by atoms with Gasteiger partial charge in [0.25, 0.3) is 0 Å². The second-order valence-electron chi connectivity index (χ2n) is 3.25. The molecule has 0 radical (unpaired) electrons. The standard InChI is InChI=1S/C6H13ClO2Si/c1-9-6(8)5(7)10(2,3)4/h5H,1-4H3. The number of carbonyl (C=O) groups is 1. The number of hydrogen-bond acceptors (Lipinski definition) is 2. The maximum absolute atomic E-state index is 10.8. The summed E-state index contributed by atoms with van der Waals surface area (Å²) in [5, 5.41) is -0.419. The maximum Gasteiger partial charge on any atom is 0.320 e. The maximum atomic E-state index is 10.8. The van der Waals surface area contributed by atoms with E-state index in [1.807, 2.05) is 19.6 Å². The lowest BCUT2D eigenvalue weighted by molar-refractivity contribution is -0.138. The van der Waals surface area contributed by atoms with Crippen molar-refractivity contribution in [3.63, 3.8) is 0 Å². The fourth-order valence-corrected chi connectivity index (χ4v) is 1.37. The normalized spacial score (nSPS) is 14.5. The molecule has 60 valence electrons. The van der Waals surface area contributed by atoms with Crippen molar-refractivity contribution in [3.05, 3.63) is 0 Å². The molecule has 0 aliphatic rings. The number of hydrogen-bond donors (Lipinski definition) is 0. The topological polar surface area (TPSA) is 26.3 Å². The Morgan fingerprint density at radius 3 is 2.00 bits per heavy atom. The van der Waals surface area contributed by atoms with Gasteiger partial charge in [-0.1, -0.05) is 19.6 Å². The van der Waals surface area contributed by atoms with Crippen LogP contribution >= 0.6 is 11.6 Å². The molecule has 0 saturated carbocycles. The molecule has 1 atom stereocenters. The largest absolute Gasteiger partial charge is 0.468 e. The first kappa shape index (κ1) is 9.98. The number of rotatable bonds is 2. The van der Waals surface area contributed by atoms with E-state index < -0.39 is 13.1 Å². The van der Waals surface area contributed by atoms with Gasteiger partial charge in [0.15, 0.2) is 0 Å². The van der Waals surface area contributed by atoms with Gasteiger partial charge in [-0.05, 0) is 0 Å². The van der Waals surface area contributed by atoms with Crippen molar-refractivity contribution < 1.29 is 9.53 Å². The minimum Gasteiger partial charge on any atom is -0.468 e. The molecule has 0 aromatic heterocycles. The number of halogens is 1. The highest BCUT2D eigenvalue weighted by atomic mass is 35.5. The summed E-state index contributed by atoms with van der Waals surface area (Å²) in [6.45, 7) is 6.09. The Morgan fingerprint density at radius 1 is 1.50 bits per heavy atom. The van der Waals surface area contributed by atoms with Crippen molar-refractivity contribution in [2.45, 2.75) is 24.6 Å². The summed E-state index contributed by atoms with van der Waals surface area (Å²) >= 11 is 5.79. The number of ether oxygens (including phenoxy) is 1. The molecule has 2 nitrogen and oxygen atoms in total. The highest BCUT2D eigenvalue weighted by molar-refractivity contribution is 6.87. The van der Waals surface area contributed by atoms with Crippen LogP contribution in [0.3, 0.4) is 0 Å². The van der Waals surface area contributed by atoms with Gasteiger partial charge in [0, 0.05) is 0 Å². The molecule has 0 rings (SSSR count). The molecular formula is C6H13ClO2Si. The fraction of sp³-hybridized carbons (Fsp3) is 0.833. The van der Waals surface area contributed by atoms with Crippen molar-refractivity contribution in [1.82, 2.24) is 0 Å². The van der Waals surface area contributed by atoms with Crippen LogP contribution < -0.4 is 0 Å². The Hall–Kier alpha value is -0.0231.